The van der Waals surface area contributed by atoms with Gasteiger partial charge in [-0.2, -0.15) is 5.26 Å². The molecule has 3 heteroatoms. The maximum absolute atomic E-state index is 12.2. The van der Waals surface area contributed by atoms with Crippen LogP contribution in [-0.4, -0.2) is 4.98 Å². The van der Waals surface area contributed by atoms with Gasteiger partial charge in [0.1, 0.15) is 11.6 Å². The number of H-pyrrole nitrogens is 1. The molecule has 3 nitrogen and oxygen atoms in total. The normalized spacial score (nSPS) is 13.7. The van der Waals surface area contributed by atoms with Crippen molar-refractivity contribution in [2.24, 2.45) is 0 Å². The molecule has 22 heavy (non-hydrogen) atoms. The first kappa shape index (κ1) is 14.6. The van der Waals surface area contributed by atoms with Gasteiger partial charge in [-0.05, 0) is 48.3 Å². The van der Waals surface area contributed by atoms with Gasteiger partial charge in [0.05, 0.1) is 0 Å². The number of nitriles is 1. The molecular formula is C19H20N2O. The van der Waals surface area contributed by atoms with E-state index in [-0.39, 0.29) is 11.1 Å². The van der Waals surface area contributed by atoms with E-state index in [0.717, 1.165) is 48.1 Å². The molecule has 1 aliphatic carbocycles. The summed E-state index contributed by atoms with van der Waals surface area (Å²) in [5.74, 6) is 0.470. The summed E-state index contributed by atoms with van der Waals surface area (Å²) in [4.78, 5) is 15.1. The number of rotatable bonds is 2. The minimum atomic E-state index is -0.258. The first-order valence-electron chi connectivity index (χ1n) is 7.90. The predicted molar refractivity (Wildman–Crippen MR) is 87.9 cm³/mol. The van der Waals surface area contributed by atoms with Crippen LogP contribution in [0.3, 0.4) is 0 Å². The van der Waals surface area contributed by atoms with Crippen LogP contribution in [0.5, 0.6) is 0 Å². The van der Waals surface area contributed by atoms with Gasteiger partial charge in [-0.1, -0.05) is 38.1 Å². The smallest absolute Gasteiger partial charge is 0.266 e. The Morgan fingerprint density at radius 3 is 2.45 bits per heavy atom. The molecule has 1 N–H and O–H groups in total. The monoisotopic (exact) mass is 292 g/mol. The van der Waals surface area contributed by atoms with Crippen molar-refractivity contribution in [1.29, 1.82) is 5.26 Å². The topological polar surface area (TPSA) is 56.6 Å². The lowest BCUT2D eigenvalue weighted by atomic mass is 9.86. The van der Waals surface area contributed by atoms with Crippen LogP contribution in [0, 0.1) is 11.3 Å². The maximum Gasteiger partial charge on any atom is 0.266 e. The van der Waals surface area contributed by atoms with Gasteiger partial charge in [-0.15, -0.1) is 0 Å². The molecule has 0 bridgehead atoms. The van der Waals surface area contributed by atoms with Gasteiger partial charge in [0.15, 0.2) is 0 Å². The van der Waals surface area contributed by atoms with Crippen molar-refractivity contribution < 1.29 is 0 Å². The van der Waals surface area contributed by atoms with Crippen molar-refractivity contribution in [2.75, 3.05) is 0 Å². The molecule has 0 spiro atoms. The number of pyridine rings is 1. The Bertz CT molecular complexity index is 792. The molecule has 1 aromatic heterocycles. The minimum absolute atomic E-state index is 0.248. The number of fused-ring (bicyclic) bond motifs is 1. The standard InChI is InChI=1S/C19H20N2O/c1-12(2)13-7-9-14(10-8-13)18-15-5-3-4-6-17(15)21-19(22)16(18)11-20/h7-10,12H,3-6H2,1-2H3,(H,21,22). The van der Waals surface area contributed by atoms with Gasteiger partial charge in [-0.3, -0.25) is 4.79 Å². The SMILES string of the molecule is CC(C)c1ccc(-c2c3c([nH]c(=O)c2C#N)CCCC3)cc1. The zero-order valence-corrected chi connectivity index (χ0v) is 13.1. The van der Waals surface area contributed by atoms with Gasteiger partial charge in [0.25, 0.3) is 5.56 Å². The molecule has 3 rings (SSSR count). The van der Waals surface area contributed by atoms with Gasteiger partial charge in [0, 0.05) is 11.3 Å². The Kier molecular flexibility index (Phi) is 3.85. The molecule has 0 aliphatic heterocycles. The maximum atomic E-state index is 12.2. The van der Waals surface area contributed by atoms with Gasteiger partial charge in [-0.25, -0.2) is 0 Å². The third-order valence-corrected chi connectivity index (χ3v) is 4.49. The lowest BCUT2D eigenvalue weighted by Crippen LogP contribution is -2.20. The summed E-state index contributed by atoms with van der Waals surface area (Å²) in [7, 11) is 0. The average Bonchev–Trinajstić information content (AvgIpc) is 2.53. The summed E-state index contributed by atoms with van der Waals surface area (Å²) >= 11 is 0. The second-order valence-corrected chi connectivity index (χ2v) is 6.26. The summed E-state index contributed by atoms with van der Waals surface area (Å²) in [6.07, 6.45) is 4.04. The highest BCUT2D eigenvalue weighted by atomic mass is 16.1. The summed E-state index contributed by atoms with van der Waals surface area (Å²) in [6.45, 7) is 4.32. The van der Waals surface area contributed by atoms with Gasteiger partial charge >= 0.3 is 0 Å². The minimum Gasteiger partial charge on any atom is -0.325 e. The van der Waals surface area contributed by atoms with Gasteiger partial charge in [0.2, 0.25) is 0 Å². The summed E-state index contributed by atoms with van der Waals surface area (Å²) < 4.78 is 0. The fourth-order valence-electron chi connectivity index (χ4n) is 3.24. The van der Waals surface area contributed by atoms with Crippen LogP contribution in [0.2, 0.25) is 0 Å². The third-order valence-electron chi connectivity index (χ3n) is 4.49. The number of aromatic nitrogens is 1. The number of hydrogen-bond acceptors (Lipinski definition) is 2. The van der Waals surface area contributed by atoms with Crippen molar-refractivity contribution in [3.8, 4) is 17.2 Å². The number of benzene rings is 1. The highest BCUT2D eigenvalue weighted by Crippen LogP contribution is 2.32. The molecule has 0 amide bonds. The number of nitrogens with zero attached hydrogens (tertiary/aromatic N) is 1. The predicted octanol–water partition coefficient (Wildman–Crippen LogP) is 3.92. The van der Waals surface area contributed by atoms with E-state index in [2.05, 4.69) is 37.0 Å². The third kappa shape index (κ3) is 2.46. The quantitative estimate of drug-likeness (QED) is 0.912. The molecule has 0 unspecified atom stereocenters. The second-order valence-electron chi connectivity index (χ2n) is 6.26. The largest absolute Gasteiger partial charge is 0.325 e. The fourth-order valence-corrected chi connectivity index (χ4v) is 3.24. The van der Waals surface area contributed by atoms with Crippen LogP contribution in [0.1, 0.15) is 55.0 Å². The van der Waals surface area contributed by atoms with E-state index in [0.29, 0.717) is 5.92 Å². The van der Waals surface area contributed by atoms with Crippen LogP contribution in [0.25, 0.3) is 11.1 Å². The van der Waals surface area contributed by atoms with E-state index < -0.39 is 0 Å². The summed E-state index contributed by atoms with van der Waals surface area (Å²) in [5, 5.41) is 9.43. The van der Waals surface area contributed by atoms with Crippen LogP contribution in [0.4, 0.5) is 0 Å². The van der Waals surface area contributed by atoms with Crippen LogP contribution in [0.15, 0.2) is 29.1 Å². The number of aromatic amines is 1. The van der Waals surface area contributed by atoms with E-state index in [1.807, 2.05) is 12.1 Å². The van der Waals surface area contributed by atoms with E-state index in [1.165, 1.54) is 5.56 Å². The molecule has 0 saturated heterocycles. The molecule has 1 aromatic carbocycles. The first-order chi connectivity index (χ1) is 10.6. The van der Waals surface area contributed by atoms with Crippen molar-refractivity contribution >= 4 is 0 Å². The lowest BCUT2D eigenvalue weighted by Gasteiger charge is -2.20. The Morgan fingerprint density at radius 1 is 1.14 bits per heavy atom. The van der Waals surface area contributed by atoms with E-state index >= 15 is 0 Å². The van der Waals surface area contributed by atoms with Crippen LogP contribution < -0.4 is 5.56 Å². The van der Waals surface area contributed by atoms with Crippen LogP contribution >= 0.6 is 0 Å². The van der Waals surface area contributed by atoms with Gasteiger partial charge < -0.3 is 4.98 Å². The molecular weight excluding hydrogens is 272 g/mol. The van der Waals surface area contributed by atoms with Crippen molar-refractivity contribution in [3.63, 3.8) is 0 Å². The van der Waals surface area contributed by atoms with Crippen LogP contribution in [-0.2, 0) is 12.8 Å². The number of aryl methyl sites for hydroxylation is 1. The molecule has 1 aliphatic rings. The molecule has 1 heterocycles. The number of nitrogens with one attached hydrogen (secondary N) is 1. The highest BCUT2D eigenvalue weighted by Gasteiger charge is 2.21. The molecule has 0 saturated carbocycles. The molecule has 2 aromatic rings. The molecule has 0 fully saturated rings. The Balaban J connectivity index is 2.22. The molecule has 112 valence electrons. The van der Waals surface area contributed by atoms with Crippen molar-refractivity contribution in [1.82, 2.24) is 4.98 Å². The summed E-state index contributed by atoms with van der Waals surface area (Å²) in [6, 6.07) is 10.4. The average molecular weight is 292 g/mol. The highest BCUT2D eigenvalue weighted by molar-refractivity contribution is 5.74. The van der Waals surface area contributed by atoms with E-state index in [9.17, 15) is 10.1 Å². The zero-order chi connectivity index (χ0) is 15.7. The fraction of sp³-hybridized carbons (Fsp3) is 0.368. The number of hydrogen-bond donors (Lipinski definition) is 1. The molecule has 0 radical (unpaired) electrons. The first-order valence-corrected chi connectivity index (χ1v) is 7.90. The molecule has 0 atom stereocenters. The zero-order valence-electron chi connectivity index (χ0n) is 13.1. The van der Waals surface area contributed by atoms with Crippen molar-refractivity contribution in [3.05, 3.63) is 57.0 Å². The van der Waals surface area contributed by atoms with E-state index in [1.54, 1.807) is 0 Å². The second kappa shape index (κ2) is 5.81. The Hall–Kier alpha value is -2.34. The summed E-state index contributed by atoms with van der Waals surface area (Å²) in [5.41, 5.74) is 5.24. The van der Waals surface area contributed by atoms with E-state index in [4.69, 9.17) is 0 Å². The van der Waals surface area contributed by atoms with Crippen molar-refractivity contribution in [2.45, 2.75) is 45.4 Å². The Labute approximate surface area is 130 Å². The lowest BCUT2D eigenvalue weighted by molar-refractivity contribution is 0.666. The Morgan fingerprint density at radius 2 is 1.82 bits per heavy atom.